The van der Waals surface area contributed by atoms with Crippen LogP contribution >= 0.6 is 0 Å². The Balaban J connectivity index is 1.82. The second-order valence-electron chi connectivity index (χ2n) is 5.28. The fraction of sp³-hybridized carbons (Fsp3) is 0.917. The fourth-order valence-corrected chi connectivity index (χ4v) is 4.50. The van der Waals surface area contributed by atoms with Crippen molar-refractivity contribution in [2.75, 3.05) is 7.11 Å². The number of rotatable bonds is 1. The molecule has 0 aliphatic heterocycles. The van der Waals surface area contributed by atoms with Crippen LogP contribution in [0.5, 0.6) is 0 Å². The summed E-state index contributed by atoms with van der Waals surface area (Å²) in [6.07, 6.45) is 6.59. The Kier molecular flexibility index (Phi) is 1.86. The topological polar surface area (TPSA) is 26.3 Å². The van der Waals surface area contributed by atoms with Gasteiger partial charge in [0.25, 0.3) is 0 Å². The largest absolute Gasteiger partial charge is 0.469 e. The lowest BCUT2D eigenvalue weighted by atomic mass is 9.78. The van der Waals surface area contributed by atoms with Gasteiger partial charge in [-0.15, -0.1) is 0 Å². The average molecular weight is 194 g/mol. The first-order valence-corrected chi connectivity index (χ1v) is 5.89. The van der Waals surface area contributed by atoms with Crippen molar-refractivity contribution in [1.29, 1.82) is 0 Å². The maximum Gasteiger partial charge on any atom is 0.308 e. The molecule has 0 aromatic heterocycles. The van der Waals surface area contributed by atoms with Gasteiger partial charge in [-0.1, -0.05) is 0 Å². The summed E-state index contributed by atoms with van der Waals surface area (Å²) < 4.78 is 4.91. The predicted molar refractivity (Wildman–Crippen MR) is 52.6 cm³/mol. The Labute approximate surface area is 85.0 Å². The van der Waals surface area contributed by atoms with Crippen molar-refractivity contribution in [3.05, 3.63) is 0 Å². The third-order valence-electron chi connectivity index (χ3n) is 4.94. The van der Waals surface area contributed by atoms with Crippen LogP contribution < -0.4 is 0 Å². The average Bonchev–Trinajstić information content (AvgIpc) is 2.87. The molecule has 5 atom stereocenters. The molecule has 0 aromatic carbocycles. The summed E-state index contributed by atoms with van der Waals surface area (Å²) in [6, 6.07) is 0. The molecule has 2 nitrogen and oxygen atoms in total. The summed E-state index contributed by atoms with van der Waals surface area (Å²) in [4.78, 5) is 11.6. The molecule has 5 unspecified atom stereocenters. The zero-order valence-corrected chi connectivity index (χ0v) is 8.74. The molecule has 0 amide bonds. The summed E-state index contributed by atoms with van der Waals surface area (Å²) in [6.45, 7) is 0. The molecule has 3 fully saturated rings. The van der Waals surface area contributed by atoms with E-state index in [1.165, 1.54) is 32.8 Å². The first-order chi connectivity index (χ1) is 6.81. The molecule has 3 rings (SSSR count). The number of ether oxygens (including phenoxy) is 1. The first kappa shape index (κ1) is 8.75. The first-order valence-electron chi connectivity index (χ1n) is 5.89. The number of carbonyl (C=O) groups is 1. The molecule has 0 heterocycles. The highest BCUT2D eigenvalue weighted by molar-refractivity contribution is 5.73. The van der Waals surface area contributed by atoms with Crippen LogP contribution in [0.4, 0.5) is 0 Å². The van der Waals surface area contributed by atoms with E-state index in [1.54, 1.807) is 0 Å². The second kappa shape index (κ2) is 2.98. The van der Waals surface area contributed by atoms with E-state index in [0.29, 0.717) is 5.92 Å². The van der Waals surface area contributed by atoms with Gasteiger partial charge in [-0.25, -0.2) is 0 Å². The molecule has 0 aromatic rings. The third-order valence-corrected chi connectivity index (χ3v) is 4.94. The lowest BCUT2D eigenvalue weighted by molar-refractivity contribution is -0.147. The molecule has 3 saturated carbocycles. The highest BCUT2D eigenvalue weighted by Gasteiger charge is 2.55. The molecule has 78 valence electrons. The number of carbonyl (C=O) groups excluding carboxylic acids is 1. The summed E-state index contributed by atoms with van der Waals surface area (Å²) in [5.74, 6) is 3.70. The number of esters is 1. The van der Waals surface area contributed by atoms with Gasteiger partial charge in [0.2, 0.25) is 0 Å². The van der Waals surface area contributed by atoms with E-state index in [4.69, 9.17) is 4.74 Å². The molecule has 3 aliphatic rings. The molecule has 0 N–H and O–H groups in total. The van der Waals surface area contributed by atoms with Gasteiger partial charge in [0.15, 0.2) is 0 Å². The van der Waals surface area contributed by atoms with Gasteiger partial charge in [-0.3, -0.25) is 4.79 Å². The van der Waals surface area contributed by atoms with E-state index < -0.39 is 0 Å². The SMILES string of the molecule is COC(=O)C1CCC2C3CCC(C3)C12. The quantitative estimate of drug-likeness (QED) is 0.598. The van der Waals surface area contributed by atoms with Crippen LogP contribution in [0.1, 0.15) is 32.1 Å². The van der Waals surface area contributed by atoms with E-state index in [-0.39, 0.29) is 11.9 Å². The maximum absolute atomic E-state index is 11.6. The van der Waals surface area contributed by atoms with Crippen LogP contribution in [-0.4, -0.2) is 13.1 Å². The van der Waals surface area contributed by atoms with Gasteiger partial charge in [0.05, 0.1) is 13.0 Å². The van der Waals surface area contributed by atoms with Crippen molar-refractivity contribution < 1.29 is 9.53 Å². The summed E-state index contributed by atoms with van der Waals surface area (Å²) >= 11 is 0. The van der Waals surface area contributed by atoms with Gasteiger partial charge in [-0.05, 0) is 55.8 Å². The molecule has 2 heteroatoms. The van der Waals surface area contributed by atoms with Gasteiger partial charge >= 0.3 is 5.97 Å². The van der Waals surface area contributed by atoms with E-state index in [2.05, 4.69) is 0 Å². The molecule has 14 heavy (non-hydrogen) atoms. The van der Waals surface area contributed by atoms with Gasteiger partial charge in [0.1, 0.15) is 0 Å². The lowest BCUT2D eigenvalue weighted by Gasteiger charge is -2.27. The zero-order chi connectivity index (χ0) is 9.71. The fourth-order valence-electron chi connectivity index (χ4n) is 4.50. The zero-order valence-electron chi connectivity index (χ0n) is 8.74. The Bertz CT molecular complexity index is 261. The van der Waals surface area contributed by atoms with E-state index in [1.807, 2.05) is 0 Å². The number of fused-ring (bicyclic) bond motifs is 5. The third kappa shape index (κ3) is 0.999. The smallest absolute Gasteiger partial charge is 0.308 e. The molecule has 0 radical (unpaired) electrons. The minimum absolute atomic E-state index is 0.0602. The van der Waals surface area contributed by atoms with Crippen molar-refractivity contribution in [1.82, 2.24) is 0 Å². The van der Waals surface area contributed by atoms with Crippen molar-refractivity contribution >= 4 is 5.97 Å². The van der Waals surface area contributed by atoms with Crippen molar-refractivity contribution in [2.24, 2.45) is 29.6 Å². The minimum Gasteiger partial charge on any atom is -0.469 e. The minimum atomic E-state index is 0.0602. The predicted octanol–water partition coefficient (Wildman–Crippen LogP) is 2.23. The monoisotopic (exact) mass is 194 g/mol. The molecule has 2 bridgehead atoms. The number of methoxy groups -OCH3 is 1. The normalized spacial score (nSPS) is 49.4. The van der Waals surface area contributed by atoms with Crippen LogP contribution in [-0.2, 0) is 9.53 Å². The standard InChI is InChI=1S/C12H18O2/c1-14-12(13)10-5-4-9-7-2-3-8(6-7)11(9)10/h7-11H,2-6H2,1H3. The molecule has 3 aliphatic carbocycles. The summed E-state index contributed by atoms with van der Waals surface area (Å²) in [7, 11) is 1.53. The van der Waals surface area contributed by atoms with E-state index in [0.717, 1.165) is 24.2 Å². The van der Waals surface area contributed by atoms with Crippen LogP contribution in [0.2, 0.25) is 0 Å². The Morgan fingerprint density at radius 1 is 1.14 bits per heavy atom. The van der Waals surface area contributed by atoms with Gasteiger partial charge in [0, 0.05) is 0 Å². The second-order valence-corrected chi connectivity index (χ2v) is 5.28. The Morgan fingerprint density at radius 3 is 2.71 bits per heavy atom. The van der Waals surface area contributed by atoms with Crippen LogP contribution in [0.3, 0.4) is 0 Å². The van der Waals surface area contributed by atoms with Gasteiger partial charge in [-0.2, -0.15) is 0 Å². The van der Waals surface area contributed by atoms with Crippen LogP contribution in [0, 0.1) is 29.6 Å². The Morgan fingerprint density at radius 2 is 1.93 bits per heavy atom. The van der Waals surface area contributed by atoms with E-state index >= 15 is 0 Å². The van der Waals surface area contributed by atoms with Crippen LogP contribution in [0.15, 0.2) is 0 Å². The lowest BCUT2D eigenvalue weighted by Crippen LogP contribution is -2.27. The number of hydrogen-bond donors (Lipinski definition) is 0. The van der Waals surface area contributed by atoms with Gasteiger partial charge < -0.3 is 4.74 Å². The van der Waals surface area contributed by atoms with Crippen molar-refractivity contribution in [2.45, 2.75) is 32.1 Å². The molecular weight excluding hydrogens is 176 g/mol. The maximum atomic E-state index is 11.6. The molecular formula is C12H18O2. The number of hydrogen-bond acceptors (Lipinski definition) is 2. The highest BCUT2D eigenvalue weighted by atomic mass is 16.5. The van der Waals surface area contributed by atoms with Crippen LogP contribution in [0.25, 0.3) is 0 Å². The molecule has 0 saturated heterocycles. The summed E-state index contributed by atoms with van der Waals surface area (Å²) in [5.41, 5.74) is 0. The van der Waals surface area contributed by atoms with Crippen molar-refractivity contribution in [3.8, 4) is 0 Å². The molecule has 0 spiro atoms. The summed E-state index contributed by atoms with van der Waals surface area (Å²) in [5, 5.41) is 0. The van der Waals surface area contributed by atoms with E-state index in [9.17, 15) is 4.79 Å². The Hall–Kier alpha value is -0.530. The van der Waals surface area contributed by atoms with Crippen molar-refractivity contribution in [3.63, 3.8) is 0 Å². The highest BCUT2D eigenvalue weighted by Crippen LogP contribution is 2.60.